The highest BCUT2D eigenvalue weighted by molar-refractivity contribution is 5.24. The molecule has 6 heteroatoms. The number of nitrogens with one attached hydrogen (secondary N) is 1. The fraction of sp³-hybridized carbons (Fsp3) is 0.231. The normalized spacial score (nSPS) is 11.5. The fourth-order valence-electron chi connectivity index (χ4n) is 1.58. The molecule has 0 aliphatic carbocycles. The first-order valence-corrected chi connectivity index (χ1v) is 5.66. The Balaban J connectivity index is 1.87. The fourth-order valence-corrected chi connectivity index (χ4v) is 1.58. The van der Waals surface area contributed by atoms with Crippen molar-refractivity contribution >= 4 is 0 Å². The van der Waals surface area contributed by atoms with Crippen LogP contribution in [0.25, 0.3) is 0 Å². The van der Waals surface area contributed by atoms with Crippen molar-refractivity contribution in [2.45, 2.75) is 19.3 Å². The molecule has 0 aliphatic heterocycles. The van der Waals surface area contributed by atoms with E-state index in [1.807, 2.05) is 0 Å². The van der Waals surface area contributed by atoms with Crippen molar-refractivity contribution in [1.29, 1.82) is 0 Å². The summed E-state index contributed by atoms with van der Waals surface area (Å²) in [5.41, 5.74) is 1.09. The van der Waals surface area contributed by atoms with Gasteiger partial charge in [0.15, 0.2) is 0 Å². The second kappa shape index (κ2) is 5.79. The Morgan fingerprint density at radius 2 is 1.47 bits per heavy atom. The Morgan fingerprint density at radius 3 is 2.05 bits per heavy atom. The molecule has 2 rings (SSSR count). The Hall–Kier alpha value is -1.95. The van der Waals surface area contributed by atoms with Crippen LogP contribution in [0.15, 0.2) is 43.0 Å². The van der Waals surface area contributed by atoms with Crippen LogP contribution in [0.5, 0.6) is 0 Å². The molecule has 0 unspecified atom stereocenters. The van der Waals surface area contributed by atoms with Crippen LogP contribution in [-0.4, -0.2) is 9.97 Å². The summed E-state index contributed by atoms with van der Waals surface area (Å²) in [4.78, 5) is 7.75. The van der Waals surface area contributed by atoms with Gasteiger partial charge in [-0.15, -0.1) is 0 Å². The van der Waals surface area contributed by atoms with Gasteiger partial charge in [-0.05, 0) is 17.7 Å². The molecule has 0 aliphatic rings. The Kier molecular flexibility index (Phi) is 4.11. The molecule has 1 heterocycles. The maximum Gasteiger partial charge on any atom is 0.416 e. The first-order valence-electron chi connectivity index (χ1n) is 5.66. The minimum Gasteiger partial charge on any atom is -0.309 e. The standard InChI is InChI=1S/C13H12F3N3/c14-13(15,16)12-3-1-10(2-4-12)5-17-6-11-7-18-9-19-8-11/h1-4,7-9,17H,5-6H2. The summed E-state index contributed by atoms with van der Waals surface area (Å²) < 4.78 is 37.1. The van der Waals surface area contributed by atoms with Gasteiger partial charge in [0, 0.05) is 31.0 Å². The topological polar surface area (TPSA) is 37.8 Å². The van der Waals surface area contributed by atoms with E-state index in [1.165, 1.54) is 18.5 Å². The monoisotopic (exact) mass is 267 g/mol. The van der Waals surface area contributed by atoms with Crippen LogP contribution >= 0.6 is 0 Å². The van der Waals surface area contributed by atoms with E-state index >= 15 is 0 Å². The van der Waals surface area contributed by atoms with Crippen LogP contribution < -0.4 is 5.32 Å². The quantitative estimate of drug-likeness (QED) is 0.925. The lowest BCUT2D eigenvalue weighted by molar-refractivity contribution is -0.137. The van der Waals surface area contributed by atoms with Crippen LogP contribution in [0.1, 0.15) is 16.7 Å². The number of alkyl halides is 3. The maximum absolute atomic E-state index is 12.4. The first kappa shape index (κ1) is 13.5. The summed E-state index contributed by atoms with van der Waals surface area (Å²) in [5, 5.41) is 3.11. The van der Waals surface area contributed by atoms with Crippen LogP contribution in [-0.2, 0) is 19.3 Å². The number of nitrogens with zero attached hydrogens (tertiary/aromatic N) is 2. The molecule has 1 aromatic carbocycles. The molecule has 19 heavy (non-hydrogen) atoms. The van der Waals surface area contributed by atoms with Gasteiger partial charge >= 0.3 is 6.18 Å². The van der Waals surface area contributed by atoms with E-state index < -0.39 is 11.7 Å². The van der Waals surface area contributed by atoms with Crippen molar-refractivity contribution < 1.29 is 13.2 Å². The molecular formula is C13H12F3N3. The molecule has 1 N–H and O–H groups in total. The van der Waals surface area contributed by atoms with E-state index in [1.54, 1.807) is 12.4 Å². The Morgan fingerprint density at radius 1 is 0.895 bits per heavy atom. The average Bonchev–Trinajstić information content (AvgIpc) is 2.39. The predicted molar refractivity (Wildman–Crippen MR) is 64.0 cm³/mol. The molecule has 100 valence electrons. The molecule has 0 atom stereocenters. The molecule has 2 aromatic rings. The molecule has 0 saturated carbocycles. The SMILES string of the molecule is FC(F)(F)c1ccc(CNCc2cncnc2)cc1. The minimum absolute atomic E-state index is 0.493. The summed E-state index contributed by atoms with van der Waals surface area (Å²) in [7, 11) is 0. The summed E-state index contributed by atoms with van der Waals surface area (Å²) in [6.45, 7) is 1.06. The number of halogens is 3. The second-order valence-electron chi connectivity index (χ2n) is 4.04. The number of hydrogen-bond acceptors (Lipinski definition) is 3. The zero-order valence-corrected chi connectivity index (χ0v) is 9.98. The lowest BCUT2D eigenvalue weighted by atomic mass is 10.1. The first-order chi connectivity index (χ1) is 9.05. The van der Waals surface area contributed by atoms with Crippen molar-refractivity contribution in [3.63, 3.8) is 0 Å². The molecule has 0 saturated heterocycles. The van der Waals surface area contributed by atoms with Crippen molar-refractivity contribution in [3.8, 4) is 0 Å². The molecule has 0 fully saturated rings. The molecular weight excluding hydrogens is 255 g/mol. The average molecular weight is 267 g/mol. The third kappa shape index (κ3) is 4.03. The van der Waals surface area contributed by atoms with E-state index in [0.717, 1.165) is 23.3 Å². The highest BCUT2D eigenvalue weighted by Crippen LogP contribution is 2.28. The van der Waals surface area contributed by atoms with Gasteiger partial charge in [0.2, 0.25) is 0 Å². The molecule has 1 aromatic heterocycles. The van der Waals surface area contributed by atoms with Crippen LogP contribution in [0.3, 0.4) is 0 Å². The van der Waals surface area contributed by atoms with Crippen molar-refractivity contribution in [2.75, 3.05) is 0 Å². The van der Waals surface area contributed by atoms with Crippen molar-refractivity contribution in [3.05, 3.63) is 59.7 Å². The van der Waals surface area contributed by atoms with E-state index in [-0.39, 0.29) is 0 Å². The number of aromatic nitrogens is 2. The summed E-state index contributed by atoms with van der Waals surface area (Å²) in [5.74, 6) is 0. The Labute approximate surface area is 108 Å². The third-order valence-electron chi connectivity index (χ3n) is 2.55. The van der Waals surface area contributed by atoms with Gasteiger partial charge < -0.3 is 5.32 Å². The predicted octanol–water partition coefficient (Wildman–Crippen LogP) is 2.79. The largest absolute Gasteiger partial charge is 0.416 e. The number of rotatable bonds is 4. The molecule has 3 nitrogen and oxygen atoms in total. The number of benzene rings is 1. The maximum atomic E-state index is 12.4. The molecule has 0 spiro atoms. The van der Waals surface area contributed by atoms with Crippen molar-refractivity contribution in [2.24, 2.45) is 0 Å². The van der Waals surface area contributed by atoms with E-state index in [9.17, 15) is 13.2 Å². The number of hydrogen-bond donors (Lipinski definition) is 1. The Bertz CT molecular complexity index is 509. The van der Waals surface area contributed by atoms with E-state index in [0.29, 0.717) is 13.1 Å². The summed E-state index contributed by atoms with van der Waals surface area (Å²) in [6.07, 6.45) is 0.534. The second-order valence-corrected chi connectivity index (χ2v) is 4.04. The lowest BCUT2D eigenvalue weighted by Gasteiger charge is -2.08. The summed E-state index contributed by atoms with van der Waals surface area (Å²) in [6, 6.07) is 5.11. The van der Waals surface area contributed by atoms with Gasteiger partial charge in [-0.25, -0.2) is 9.97 Å². The smallest absolute Gasteiger partial charge is 0.309 e. The summed E-state index contributed by atoms with van der Waals surface area (Å²) >= 11 is 0. The molecule has 0 radical (unpaired) electrons. The highest BCUT2D eigenvalue weighted by atomic mass is 19.4. The lowest BCUT2D eigenvalue weighted by Crippen LogP contribution is -2.13. The highest BCUT2D eigenvalue weighted by Gasteiger charge is 2.29. The van der Waals surface area contributed by atoms with Gasteiger partial charge in [0.25, 0.3) is 0 Å². The van der Waals surface area contributed by atoms with Gasteiger partial charge in [-0.2, -0.15) is 13.2 Å². The zero-order chi connectivity index (χ0) is 13.7. The van der Waals surface area contributed by atoms with Gasteiger partial charge in [-0.1, -0.05) is 12.1 Å². The molecule has 0 bridgehead atoms. The zero-order valence-electron chi connectivity index (χ0n) is 9.98. The van der Waals surface area contributed by atoms with Gasteiger partial charge in [-0.3, -0.25) is 0 Å². The van der Waals surface area contributed by atoms with Gasteiger partial charge in [0.05, 0.1) is 5.56 Å². The van der Waals surface area contributed by atoms with Crippen LogP contribution in [0.4, 0.5) is 13.2 Å². The van der Waals surface area contributed by atoms with Crippen molar-refractivity contribution in [1.82, 2.24) is 15.3 Å². The van der Waals surface area contributed by atoms with E-state index in [2.05, 4.69) is 15.3 Å². The van der Waals surface area contributed by atoms with Crippen LogP contribution in [0, 0.1) is 0 Å². The van der Waals surface area contributed by atoms with Gasteiger partial charge in [0.1, 0.15) is 6.33 Å². The molecule has 0 amide bonds. The van der Waals surface area contributed by atoms with Crippen LogP contribution in [0.2, 0.25) is 0 Å². The third-order valence-corrected chi connectivity index (χ3v) is 2.55. The minimum atomic E-state index is -4.28. The van der Waals surface area contributed by atoms with E-state index in [4.69, 9.17) is 0 Å².